The highest BCUT2D eigenvalue weighted by molar-refractivity contribution is 7.81. The summed E-state index contributed by atoms with van der Waals surface area (Å²) in [5, 5.41) is 3.50. The average Bonchev–Trinajstić information content (AvgIpc) is 2.39. The molecule has 120 valence electrons. The van der Waals surface area contributed by atoms with Crippen LogP contribution in [0, 0.1) is 5.41 Å². The molecule has 0 bridgehead atoms. The van der Waals surface area contributed by atoms with Gasteiger partial charge >= 0.3 is 0 Å². The fourth-order valence-corrected chi connectivity index (χ4v) is 3.77. The van der Waals surface area contributed by atoms with Gasteiger partial charge in [0.2, 0.25) is 0 Å². The van der Waals surface area contributed by atoms with E-state index in [1.807, 2.05) is 0 Å². The monoisotopic (exact) mass is 299 g/mol. The molecule has 0 aromatic carbocycles. The van der Waals surface area contributed by atoms with E-state index in [1.54, 1.807) is 0 Å². The van der Waals surface area contributed by atoms with Crippen molar-refractivity contribution in [1.82, 2.24) is 5.32 Å². The maximum absolute atomic E-state index is 5.14. The van der Waals surface area contributed by atoms with E-state index in [4.69, 9.17) is 12.6 Å². The number of nitrogens with one attached hydrogen (secondary N) is 1. The van der Waals surface area contributed by atoms with E-state index in [0.29, 0.717) is 5.41 Å². The molecule has 1 rings (SSSR count). The molecular formula is C18H37NS. The average molecular weight is 300 g/mol. The van der Waals surface area contributed by atoms with Gasteiger partial charge < -0.3 is 5.32 Å². The third-order valence-corrected chi connectivity index (χ3v) is 6.46. The van der Waals surface area contributed by atoms with Crippen LogP contribution >= 0.6 is 12.6 Å². The highest BCUT2D eigenvalue weighted by Crippen LogP contribution is 2.44. The minimum atomic E-state index is 0.226. The first kappa shape index (κ1) is 18.4. The Kier molecular flexibility index (Phi) is 7.97. The summed E-state index contributed by atoms with van der Waals surface area (Å²) in [6.45, 7) is 7.11. The zero-order valence-corrected chi connectivity index (χ0v) is 15.2. The van der Waals surface area contributed by atoms with Gasteiger partial charge in [0.05, 0.1) is 0 Å². The normalized spacial score (nSPS) is 31.9. The molecule has 0 heterocycles. The molecule has 2 unspecified atom stereocenters. The lowest BCUT2D eigenvalue weighted by atomic mass is 9.74. The second-order valence-corrected chi connectivity index (χ2v) is 8.68. The number of rotatable bonds is 1. The SMILES string of the molecule is CNC1CCCCCCC(S)(C(C)(C)C)CCCCC1. The van der Waals surface area contributed by atoms with Crippen LogP contribution in [0.1, 0.15) is 91.4 Å². The second kappa shape index (κ2) is 8.68. The molecule has 0 spiro atoms. The van der Waals surface area contributed by atoms with Crippen LogP contribution in [0.5, 0.6) is 0 Å². The summed E-state index contributed by atoms with van der Waals surface area (Å²) in [7, 11) is 2.13. The van der Waals surface area contributed by atoms with Crippen molar-refractivity contribution >= 4 is 12.6 Å². The largest absolute Gasteiger partial charge is 0.317 e. The van der Waals surface area contributed by atoms with Crippen LogP contribution in [0.2, 0.25) is 0 Å². The Morgan fingerprint density at radius 2 is 1.30 bits per heavy atom. The number of hydrogen-bond acceptors (Lipinski definition) is 2. The summed E-state index contributed by atoms with van der Waals surface area (Å²) >= 11 is 5.14. The topological polar surface area (TPSA) is 12.0 Å². The third kappa shape index (κ3) is 5.97. The third-order valence-electron chi connectivity index (χ3n) is 5.34. The van der Waals surface area contributed by atoms with Crippen LogP contribution in [0.3, 0.4) is 0 Å². The summed E-state index contributed by atoms with van der Waals surface area (Å²) in [5.74, 6) is 0. The van der Waals surface area contributed by atoms with Gasteiger partial charge in [-0.05, 0) is 38.1 Å². The quantitative estimate of drug-likeness (QED) is 0.601. The zero-order valence-electron chi connectivity index (χ0n) is 14.3. The molecule has 1 aliphatic rings. The Labute approximate surface area is 133 Å². The van der Waals surface area contributed by atoms with Crippen LogP contribution in [0.4, 0.5) is 0 Å². The van der Waals surface area contributed by atoms with Crippen LogP contribution in [-0.2, 0) is 0 Å². The minimum absolute atomic E-state index is 0.226. The first-order valence-electron chi connectivity index (χ1n) is 8.79. The Bertz CT molecular complexity index is 259. The molecule has 0 aromatic rings. The summed E-state index contributed by atoms with van der Waals surface area (Å²) in [4.78, 5) is 0. The van der Waals surface area contributed by atoms with E-state index in [-0.39, 0.29) is 4.75 Å². The molecule has 1 N–H and O–H groups in total. The lowest BCUT2D eigenvalue weighted by Crippen LogP contribution is -2.37. The predicted octanol–water partition coefficient (Wildman–Crippen LogP) is 5.59. The van der Waals surface area contributed by atoms with Crippen molar-refractivity contribution in [3.05, 3.63) is 0 Å². The van der Waals surface area contributed by atoms with E-state index in [2.05, 4.69) is 33.1 Å². The van der Waals surface area contributed by atoms with Crippen LogP contribution in [-0.4, -0.2) is 17.8 Å². The van der Waals surface area contributed by atoms with Gasteiger partial charge in [0, 0.05) is 10.8 Å². The van der Waals surface area contributed by atoms with Crippen molar-refractivity contribution in [2.45, 2.75) is 102 Å². The van der Waals surface area contributed by atoms with Gasteiger partial charge in [-0.1, -0.05) is 65.7 Å². The molecular weight excluding hydrogens is 262 g/mol. The summed E-state index contributed by atoms with van der Waals surface area (Å²) in [6.07, 6.45) is 14.9. The fraction of sp³-hybridized carbons (Fsp3) is 1.00. The van der Waals surface area contributed by atoms with Crippen LogP contribution in [0.15, 0.2) is 0 Å². The molecule has 2 atom stereocenters. The Morgan fingerprint density at radius 3 is 1.75 bits per heavy atom. The molecule has 0 aromatic heterocycles. The fourth-order valence-electron chi connectivity index (χ4n) is 3.45. The standard InChI is InChI=1S/C18H37NS/c1-17(2,3)18(20)14-10-6-5-8-12-16(19-4)13-9-7-11-15-18/h16,19-20H,5-15H2,1-4H3. The van der Waals surface area contributed by atoms with Crippen LogP contribution in [0.25, 0.3) is 0 Å². The molecule has 0 radical (unpaired) electrons. The molecule has 20 heavy (non-hydrogen) atoms. The van der Waals surface area contributed by atoms with Crippen molar-refractivity contribution in [2.75, 3.05) is 7.05 Å². The van der Waals surface area contributed by atoms with Gasteiger partial charge in [-0.3, -0.25) is 0 Å². The molecule has 0 saturated heterocycles. The van der Waals surface area contributed by atoms with Crippen molar-refractivity contribution in [3.8, 4) is 0 Å². The molecule has 2 heteroatoms. The first-order chi connectivity index (χ1) is 9.39. The highest BCUT2D eigenvalue weighted by Gasteiger charge is 2.37. The van der Waals surface area contributed by atoms with E-state index < -0.39 is 0 Å². The van der Waals surface area contributed by atoms with Gasteiger partial charge in [0.1, 0.15) is 0 Å². The van der Waals surface area contributed by atoms with Gasteiger partial charge in [0.15, 0.2) is 0 Å². The highest BCUT2D eigenvalue weighted by atomic mass is 32.1. The Hall–Kier alpha value is 0.310. The lowest BCUT2D eigenvalue weighted by molar-refractivity contribution is 0.241. The molecule has 1 nitrogen and oxygen atoms in total. The van der Waals surface area contributed by atoms with Gasteiger partial charge in [-0.25, -0.2) is 0 Å². The zero-order chi connectivity index (χ0) is 15.1. The molecule has 1 fully saturated rings. The van der Waals surface area contributed by atoms with Crippen molar-refractivity contribution in [2.24, 2.45) is 5.41 Å². The predicted molar refractivity (Wildman–Crippen MR) is 94.8 cm³/mol. The lowest BCUT2D eigenvalue weighted by Gasteiger charge is -2.41. The molecule has 1 saturated carbocycles. The maximum Gasteiger partial charge on any atom is 0.0178 e. The van der Waals surface area contributed by atoms with Crippen molar-refractivity contribution in [1.29, 1.82) is 0 Å². The van der Waals surface area contributed by atoms with Gasteiger partial charge in [0.25, 0.3) is 0 Å². The van der Waals surface area contributed by atoms with E-state index in [0.717, 1.165) is 6.04 Å². The first-order valence-corrected chi connectivity index (χ1v) is 9.23. The number of thiol groups is 1. The van der Waals surface area contributed by atoms with E-state index in [1.165, 1.54) is 70.6 Å². The Morgan fingerprint density at radius 1 is 0.850 bits per heavy atom. The van der Waals surface area contributed by atoms with Gasteiger partial charge in [-0.15, -0.1) is 0 Å². The van der Waals surface area contributed by atoms with Crippen LogP contribution < -0.4 is 5.32 Å². The summed E-state index contributed by atoms with van der Waals surface area (Å²) < 4.78 is 0.226. The minimum Gasteiger partial charge on any atom is -0.317 e. The van der Waals surface area contributed by atoms with Gasteiger partial charge in [-0.2, -0.15) is 12.6 Å². The van der Waals surface area contributed by atoms with E-state index >= 15 is 0 Å². The van der Waals surface area contributed by atoms with Crippen molar-refractivity contribution in [3.63, 3.8) is 0 Å². The summed E-state index contributed by atoms with van der Waals surface area (Å²) in [5.41, 5.74) is 0.309. The summed E-state index contributed by atoms with van der Waals surface area (Å²) in [6, 6.07) is 0.749. The molecule has 0 amide bonds. The molecule has 0 aliphatic heterocycles. The maximum atomic E-state index is 5.14. The number of hydrogen-bond donors (Lipinski definition) is 2. The second-order valence-electron chi connectivity index (χ2n) is 7.82. The molecule has 1 aliphatic carbocycles. The Balaban J connectivity index is 2.56. The van der Waals surface area contributed by atoms with Crippen molar-refractivity contribution < 1.29 is 0 Å². The smallest absolute Gasteiger partial charge is 0.0178 e. The van der Waals surface area contributed by atoms with E-state index in [9.17, 15) is 0 Å².